The Kier molecular flexibility index (Phi) is 8.07. The van der Waals surface area contributed by atoms with Crippen LogP contribution >= 0.6 is 24.0 Å². The van der Waals surface area contributed by atoms with Crippen LogP contribution in [0.2, 0.25) is 5.02 Å². The van der Waals surface area contributed by atoms with Gasteiger partial charge in [-0.25, -0.2) is 0 Å². The highest BCUT2D eigenvalue weighted by atomic mass is 35.5. The normalized spacial score (nSPS) is 19.0. The molecule has 0 spiro atoms. The quantitative estimate of drug-likeness (QED) is 0.748. The van der Waals surface area contributed by atoms with Crippen LogP contribution in [0.15, 0.2) is 28.8 Å². The number of carbonyl (C=O) groups excluding carboxylic acids is 1. The van der Waals surface area contributed by atoms with Gasteiger partial charge in [0.15, 0.2) is 5.82 Å². The Hall–Kier alpha value is -1.63. The van der Waals surface area contributed by atoms with E-state index in [2.05, 4.69) is 27.7 Å². The Labute approximate surface area is 170 Å². The first-order chi connectivity index (χ1) is 12.5. The lowest BCUT2D eigenvalue weighted by Crippen LogP contribution is -2.36. The Bertz CT molecular complexity index is 730. The first-order valence-electron chi connectivity index (χ1n) is 9.12. The summed E-state index contributed by atoms with van der Waals surface area (Å²) in [4.78, 5) is 16.7. The van der Waals surface area contributed by atoms with E-state index in [9.17, 15) is 4.79 Å². The number of piperidine rings is 1. The van der Waals surface area contributed by atoms with Crippen molar-refractivity contribution in [3.05, 3.63) is 35.1 Å². The summed E-state index contributed by atoms with van der Waals surface area (Å²) in [6.45, 7) is 6.09. The Morgan fingerprint density at radius 1 is 1.37 bits per heavy atom. The molecular formula is C19H26Cl2N4O2. The van der Waals surface area contributed by atoms with E-state index < -0.39 is 0 Å². The molecule has 1 aromatic heterocycles. The molecule has 1 amide bonds. The maximum absolute atomic E-state index is 12.4. The van der Waals surface area contributed by atoms with E-state index in [1.54, 1.807) is 12.1 Å². The second kappa shape index (κ2) is 10.1. The third kappa shape index (κ3) is 5.92. The molecule has 1 aliphatic rings. The van der Waals surface area contributed by atoms with E-state index in [0.717, 1.165) is 18.7 Å². The molecule has 1 fully saturated rings. The molecule has 2 N–H and O–H groups in total. The number of hydrogen-bond acceptors (Lipinski definition) is 5. The molecule has 2 aromatic rings. The summed E-state index contributed by atoms with van der Waals surface area (Å²) < 4.78 is 5.31. The molecule has 2 heterocycles. The zero-order chi connectivity index (χ0) is 18.5. The lowest BCUT2D eigenvalue weighted by Gasteiger charge is -2.28. The molecular weight excluding hydrogens is 387 g/mol. The van der Waals surface area contributed by atoms with Gasteiger partial charge in [0.05, 0.1) is 6.04 Å². The maximum atomic E-state index is 12.4. The minimum absolute atomic E-state index is 0. The molecule has 3 atom stereocenters. The van der Waals surface area contributed by atoms with E-state index in [0.29, 0.717) is 35.0 Å². The summed E-state index contributed by atoms with van der Waals surface area (Å²) in [6.07, 6.45) is 2.88. The van der Waals surface area contributed by atoms with Crippen LogP contribution < -0.4 is 10.6 Å². The van der Waals surface area contributed by atoms with Crippen LogP contribution in [-0.4, -0.2) is 29.1 Å². The number of nitrogens with one attached hydrogen (secondary N) is 2. The molecule has 0 saturated carbocycles. The van der Waals surface area contributed by atoms with Crippen LogP contribution in [-0.2, 0) is 4.79 Å². The van der Waals surface area contributed by atoms with E-state index in [-0.39, 0.29) is 24.4 Å². The van der Waals surface area contributed by atoms with Gasteiger partial charge in [-0.2, -0.15) is 4.98 Å². The van der Waals surface area contributed by atoms with E-state index in [4.69, 9.17) is 16.1 Å². The number of hydrogen-bond donors (Lipinski definition) is 2. The van der Waals surface area contributed by atoms with Gasteiger partial charge in [0.25, 0.3) is 5.89 Å². The molecule has 8 heteroatoms. The molecule has 1 aromatic carbocycles. The van der Waals surface area contributed by atoms with Crippen molar-refractivity contribution in [3.8, 4) is 11.5 Å². The van der Waals surface area contributed by atoms with Crippen molar-refractivity contribution in [2.75, 3.05) is 13.1 Å². The number of carbonyl (C=O) groups is 1. The molecule has 3 rings (SSSR count). The molecule has 0 radical (unpaired) electrons. The minimum Gasteiger partial charge on any atom is -0.346 e. The molecule has 3 unspecified atom stereocenters. The van der Waals surface area contributed by atoms with Gasteiger partial charge in [-0.1, -0.05) is 23.7 Å². The molecule has 1 saturated heterocycles. The van der Waals surface area contributed by atoms with E-state index in [1.807, 2.05) is 19.1 Å². The van der Waals surface area contributed by atoms with Crippen molar-refractivity contribution >= 4 is 29.9 Å². The van der Waals surface area contributed by atoms with Crippen molar-refractivity contribution in [2.24, 2.45) is 11.8 Å². The number of benzene rings is 1. The van der Waals surface area contributed by atoms with Gasteiger partial charge in [0.1, 0.15) is 0 Å². The van der Waals surface area contributed by atoms with Gasteiger partial charge in [0.2, 0.25) is 5.91 Å². The van der Waals surface area contributed by atoms with Gasteiger partial charge in [0, 0.05) is 17.0 Å². The Balaban J connectivity index is 0.00000261. The molecule has 27 heavy (non-hydrogen) atoms. The third-order valence-electron chi connectivity index (χ3n) is 4.94. The first kappa shape index (κ1) is 21.7. The van der Waals surface area contributed by atoms with Gasteiger partial charge < -0.3 is 15.2 Å². The van der Waals surface area contributed by atoms with Gasteiger partial charge in [-0.05, 0) is 69.0 Å². The zero-order valence-electron chi connectivity index (χ0n) is 15.6. The average Bonchev–Trinajstić information content (AvgIpc) is 3.13. The van der Waals surface area contributed by atoms with Crippen molar-refractivity contribution in [2.45, 2.75) is 39.2 Å². The third-order valence-corrected chi connectivity index (χ3v) is 5.20. The number of rotatable bonds is 6. The van der Waals surface area contributed by atoms with Gasteiger partial charge in [-0.3, -0.25) is 4.79 Å². The summed E-state index contributed by atoms with van der Waals surface area (Å²) in [7, 11) is 0. The number of amides is 1. The fourth-order valence-corrected chi connectivity index (χ4v) is 3.43. The molecule has 0 aliphatic carbocycles. The summed E-state index contributed by atoms with van der Waals surface area (Å²) in [6, 6.07) is 6.89. The summed E-state index contributed by atoms with van der Waals surface area (Å²) in [5, 5.41) is 11.0. The lowest BCUT2D eigenvalue weighted by atomic mass is 9.85. The smallest absolute Gasteiger partial charge is 0.257 e. The van der Waals surface area contributed by atoms with Crippen LogP contribution in [0.1, 0.15) is 45.0 Å². The van der Waals surface area contributed by atoms with Crippen LogP contribution in [0, 0.1) is 11.8 Å². The molecule has 6 nitrogen and oxygen atoms in total. The standard InChI is InChI=1S/C19H25ClN4O2.ClH/c1-12(15-4-3-9-21-11-15)10-17(25)22-13(2)18-23-19(26-24-18)14-5-7-16(20)8-6-14;/h5-8,12-13,15,21H,3-4,9-11H2,1-2H3,(H,22,25);1H. The highest BCUT2D eigenvalue weighted by molar-refractivity contribution is 6.30. The van der Waals surface area contributed by atoms with Gasteiger partial charge in [-0.15, -0.1) is 12.4 Å². The first-order valence-corrected chi connectivity index (χ1v) is 9.50. The number of nitrogens with zero attached hydrogens (tertiary/aromatic N) is 2. The second-order valence-electron chi connectivity index (χ2n) is 7.04. The molecule has 148 valence electrons. The average molecular weight is 413 g/mol. The van der Waals surface area contributed by atoms with Crippen molar-refractivity contribution in [1.82, 2.24) is 20.8 Å². The fourth-order valence-electron chi connectivity index (χ4n) is 3.31. The Morgan fingerprint density at radius 2 is 2.11 bits per heavy atom. The molecule has 0 bridgehead atoms. The SMILES string of the molecule is CC(NC(=O)CC(C)C1CCCNC1)c1noc(-c2ccc(Cl)cc2)n1.Cl. The summed E-state index contributed by atoms with van der Waals surface area (Å²) >= 11 is 5.89. The van der Waals surface area contributed by atoms with Crippen LogP contribution in [0.3, 0.4) is 0 Å². The molecule has 1 aliphatic heterocycles. The van der Waals surface area contributed by atoms with Crippen molar-refractivity contribution in [3.63, 3.8) is 0 Å². The zero-order valence-corrected chi connectivity index (χ0v) is 17.1. The Morgan fingerprint density at radius 3 is 2.78 bits per heavy atom. The van der Waals surface area contributed by atoms with Gasteiger partial charge >= 0.3 is 0 Å². The van der Waals surface area contributed by atoms with Crippen LogP contribution in [0.4, 0.5) is 0 Å². The second-order valence-corrected chi connectivity index (χ2v) is 7.48. The highest BCUT2D eigenvalue weighted by Crippen LogP contribution is 2.24. The summed E-state index contributed by atoms with van der Waals surface area (Å²) in [5.41, 5.74) is 0.796. The van der Waals surface area contributed by atoms with E-state index >= 15 is 0 Å². The topological polar surface area (TPSA) is 80.0 Å². The fraction of sp³-hybridized carbons (Fsp3) is 0.526. The van der Waals surface area contributed by atoms with Crippen LogP contribution in [0.5, 0.6) is 0 Å². The monoisotopic (exact) mass is 412 g/mol. The predicted octanol–water partition coefficient (Wildman–Crippen LogP) is 4.01. The van der Waals surface area contributed by atoms with Crippen molar-refractivity contribution in [1.29, 1.82) is 0 Å². The number of aromatic nitrogens is 2. The van der Waals surface area contributed by atoms with Crippen LogP contribution in [0.25, 0.3) is 11.5 Å². The minimum atomic E-state index is -0.302. The maximum Gasteiger partial charge on any atom is 0.257 e. The van der Waals surface area contributed by atoms with Crippen molar-refractivity contribution < 1.29 is 9.32 Å². The lowest BCUT2D eigenvalue weighted by molar-refractivity contribution is -0.123. The number of halogens is 2. The largest absolute Gasteiger partial charge is 0.346 e. The summed E-state index contributed by atoms with van der Waals surface area (Å²) in [5.74, 6) is 1.82. The highest BCUT2D eigenvalue weighted by Gasteiger charge is 2.23. The van der Waals surface area contributed by atoms with E-state index in [1.165, 1.54) is 12.8 Å². The predicted molar refractivity (Wildman–Crippen MR) is 108 cm³/mol.